The summed E-state index contributed by atoms with van der Waals surface area (Å²) in [5.74, 6) is -1.66. The van der Waals surface area contributed by atoms with Gasteiger partial charge in [0, 0.05) is 6.54 Å². The summed E-state index contributed by atoms with van der Waals surface area (Å²) in [5, 5.41) is 2.67. The molecular formula is C17H19ClFNO3. The second-order valence-corrected chi connectivity index (χ2v) is 5.82. The van der Waals surface area contributed by atoms with Crippen molar-refractivity contribution < 1.29 is 18.7 Å². The Morgan fingerprint density at radius 3 is 2.83 bits per heavy atom. The highest BCUT2D eigenvalue weighted by molar-refractivity contribution is 6.33. The minimum atomic E-state index is -0.750. The summed E-state index contributed by atoms with van der Waals surface area (Å²) in [6, 6.07) is 3.37. The fourth-order valence-electron chi connectivity index (χ4n) is 2.41. The Hall–Kier alpha value is -1.88. The van der Waals surface area contributed by atoms with Crippen LogP contribution in [0.15, 0.2) is 29.8 Å². The number of rotatable bonds is 6. The maximum Gasteiger partial charge on any atom is 0.340 e. The summed E-state index contributed by atoms with van der Waals surface area (Å²) in [7, 11) is 0. The van der Waals surface area contributed by atoms with E-state index < -0.39 is 11.8 Å². The standard InChI is InChI=1S/C17H19ClFNO3/c18-15-10-13(19)6-7-14(15)17(22)23-11-16(21)20-9-8-12-4-2-1-3-5-12/h4,6-7,10H,1-3,5,8-9,11H2,(H,20,21). The number of amides is 1. The molecule has 0 heterocycles. The number of allylic oxidation sites excluding steroid dienone is 1. The predicted molar refractivity (Wildman–Crippen MR) is 85.9 cm³/mol. The lowest BCUT2D eigenvalue weighted by atomic mass is 9.97. The lowest BCUT2D eigenvalue weighted by molar-refractivity contribution is -0.124. The van der Waals surface area contributed by atoms with Crippen molar-refractivity contribution in [1.29, 1.82) is 0 Å². The van der Waals surface area contributed by atoms with E-state index in [1.165, 1.54) is 24.5 Å². The van der Waals surface area contributed by atoms with Crippen LogP contribution in [0.5, 0.6) is 0 Å². The van der Waals surface area contributed by atoms with Crippen molar-refractivity contribution in [2.75, 3.05) is 13.2 Å². The molecule has 2 rings (SSSR count). The molecule has 1 aromatic carbocycles. The van der Waals surface area contributed by atoms with E-state index in [0.29, 0.717) is 6.54 Å². The molecule has 0 bridgehead atoms. The van der Waals surface area contributed by atoms with Gasteiger partial charge in [-0.25, -0.2) is 9.18 Å². The van der Waals surface area contributed by atoms with Crippen LogP contribution in [-0.2, 0) is 9.53 Å². The van der Waals surface area contributed by atoms with E-state index in [2.05, 4.69) is 11.4 Å². The highest BCUT2D eigenvalue weighted by Crippen LogP contribution is 2.19. The van der Waals surface area contributed by atoms with E-state index in [1.54, 1.807) is 0 Å². The zero-order valence-corrected chi connectivity index (χ0v) is 13.5. The fourth-order valence-corrected chi connectivity index (χ4v) is 2.65. The van der Waals surface area contributed by atoms with Crippen molar-refractivity contribution in [3.63, 3.8) is 0 Å². The highest BCUT2D eigenvalue weighted by atomic mass is 35.5. The summed E-state index contributed by atoms with van der Waals surface area (Å²) >= 11 is 5.76. The van der Waals surface area contributed by atoms with Gasteiger partial charge in [0.15, 0.2) is 6.61 Å². The third-order valence-electron chi connectivity index (χ3n) is 3.64. The molecule has 0 saturated heterocycles. The first-order valence-electron chi connectivity index (χ1n) is 7.63. The summed E-state index contributed by atoms with van der Waals surface area (Å²) < 4.78 is 17.8. The second-order valence-electron chi connectivity index (χ2n) is 5.41. The first-order chi connectivity index (χ1) is 11.1. The first-order valence-corrected chi connectivity index (χ1v) is 8.01. The van der Waals surface area contributed by atoms with Crippen molar-refractivity contribution in [2.24, 2.45) is 0 Å². The summed E-state index contributed by atoms with van der Waals surface area (Å²) in [5.41, 5.74) is 1.40. The topological polar surface area (TPSA) is 55.4 Å². The van der Waals surface area contributed by atoms with Gasteiger partial charge in [-0.2, -0.15) is 0 Å². The van der Waals surface area contributed by atoms with E-state index >= 15 is 0 Å². The molecule has 0 spiro atoms. The van der Waals surface area contributed by atoms with Gasteiger partial charge in [0.1, 0.15) is 5.82 Å². The third-order valence-corrected chi connectivity index (χ3v) is 3.95. The maximum absolute atomic E-state index is 12.9. The molecule has 124 valence electrons. The molecular weight excluding hydrogens is 321 g/mol. The van der Waals surface area contributed by atoms with Crippen LogP contribution in [0.3, 0.4) is 0 Å². The molecule has 0 fully saturated rings. The molecule has 0 aliphatic heterocycles. The van der Waals surface area contributed by atoms with E-state index in [4.69, 9.17) is 16.3 Å². The van der Waals surface area contributed by atoms with Crippen molar-refractivity contribution in [1.82, 2.24) is 5.32 Å². The van der Waals surface area contributed by atoms with Crippen LogP contribution in [0.4, 0.5) is 4.39 Å². The summed E-state index contributed by atoms with van der Waals surface area (Å²) in [4.78, 5) is 23.4. The Bertz CT molecular complexity index is 616. The van der Waals surface area contributed by atoms with Crippen molar-refractivity contribution >= 4 is 23.5 Å². The van der Waals surface area contributed by atoms with Crippen LogP contribution in [0, 0.1) is 5.82 Å². The molecule has 0 radical (unpaired) electrons. The molecule has 1 aliphatic rings. The molecule has 0 saturated carbocycles. The molecule has 0 unspecified atom stereocenters. The van der Waals surface area contributed by atoms with Crippen LogP contribution in [0.2, 0.25) is 5.02 Å². The van der Waals surface area contributed by atoms with Gasteiger partial charge in [0.05, 0.1) is 10.6 Å². The van der Waals surface area contributed by atoms with Gasteiger partial charge in [-0.3, -0.25) is 4.79 Å². The zero-order chi connectivity index (χ0) is 16.7. The molecule has 0 aromatic heterocycles. The third kappa shape index (κ3) is 5.67. The van der Waals surface area contributed by atoms with Crippen molar-refractivity contribution in [3.05, 3.63) is 46.3 Å². The molecule has 1 amide bonds. The quantitative estimate of drug-likeness (QED) is 0.636. The summed E-state index contributed by atoms with van der Waals surface area (Å²) in [6.07, 6.45) is 7.69. The van der Waals surface area contributed by atoms with Crippen molar-refractivity contribution in [3.8, 4) is 0 Å². The lowest BCUT2D eigenvalue weighted by Gasteiger charge is -2.13. The van der Waals surface area contributed by atoms with Gasteiger partial charge in [0.2, 0.25) is 0 Å². The number of hydrogen-bond donors (Lipinski definition) is 1. The van der Waals surface area contributed by atoms with E-state index in [-0.39, 0.29) is 23.1 Å². The number of carbonyl (C=O) groups is 2. The number of ether oxygens (including phenoxy) is 1. The monoisotopic (exact) mass is 339 g/mol. The van der Waals surface area contributed by atoms with Gasteiger partial charge in [0.25, 0.3) is 5.91 Å². The average Bonchev–Trinajstić information content (AvgIpc) is 2.53. The van der Waals surface area contributed by atoms with Crippen molar-refractivity contribution in [2.45, 2.75) is 32.1 Å². The molecule has 4 nitrogen and oxygen atoms in total. The van der Waals surface area contributed by atoms with Crippen LogP contribution in [-0.4, -0.2) is 25.0 Å². The van der Waals surface area contributed by atoms with Gasteiger partial charge in [-0.05, 0) is 50.3 Å². The molecule has 23 heavy (non-hydrogen) atoms. The first kappa shape index (κ1) is 17.5. The Kier molecular flexibility index (Phi) is 6.59. The Balaban J connectivity index is 1.71. The van der Waals surface area contributed by atoms with Crippen LogP contribution >= 0.6 is 11.6 Å². The normalized spacial score (nSPS) is 14.1. The number of carbonyl (C=O) groups excluding carboxylic acids is 2. The van der Waals surface area contributed by atoms with Crippen LogP contribution in [0.1, 0.15) is 42.5 Å². The van der Waals surface area contributed by atoms with Gasteiger partial charge < -0.3 is 10.1 Å². The number of benzene rings is 1. The van der Waals surface area contributed by atoms with Gasteiger partial charge >= 0.3 is 5.97 Å². The Labute approximate surface area is 139 Å². The smallest absolute Gasteiger partial charge is 0.340 e. The average molecular weight is 340 g/mol. The summed E-state index contributed by atoms with van der Waals surface area (Å²) in [6.45, 7) is 0.144. The SMILES string of the molecule is O=C(COC(=O)c1ccc(F)cc1Cl)NCCC1=CCCCC1. The molecule has 6 heteroatoms. The number of hydrogen-bond acceptors (Lipinski definition) is 3. The van der Waals surface area contributed by atoms with Crippen LogP contribution < -0.4 is 5.32 Å². The number of nitrogens with one attached hydrogen (secondary N) is 1. The number of esters is 1. The Morgan fingerprint density at radius 1 is 1.30 bits per heavy atom. The Morgan fingerprint density at radius 2 is 2.13 bits per heavy atom. The lowest BCUT2D eigenvalue weighted by Crippen LogP contribution is -2.30. The fraction of sp³-hybridized carbons (Fsp3) is 0.412. The maximum atomic E-state index is 12.9. The number of halogens is 2. The van der Waals surface area contributed by atoms with Gasteiger partial charge in [-0.1, -0.05) is 23.3 Å². The molecule has 1 aliphatic carbocycles. The van der Waals surface area contributed by atoms with E-state index in [9.17, 15) is 14.0 Å². The second kappa shape index (κ2) is 8.67. The highest BCUT2D eigenvalue weighted by Gasteiger charge is 2.14. The molecule has 0 atom stereocenters. The predicted octanol–water partition coefficient (Wildman–Crippen LogP) is 3.64. The molecule has 1 aromatic rings. The minimum Gasteiger partial charge on any atom is -0.452 e. The van der Waals surface area contributed by atoms with Crippen LogP contribution in [0.25, 0.3) is 0 Å². The van der Waals surface area contributed by atoms with E-state index in [1.807, 2.05) is 0 Å². The molecule has 1 N–H and O–H groups in total. The zero-order valence-electron chi connectivity index (χ0n) is 12.7. The van der Waals surface area contributed by atoms with E-state index in [0.717, 1.165) is 31.4 Å². The van der Waals surface area contributed by atoms with Gasteiger partial charge in [-0.15, -0.1) is 0 Å². The largest absolute Gasteiger partial charge is 0.452 e. The minimum absolute atomic E-state index is 0.0354.